The first-order valence-corrected chi connectivity index (χ1v) is 6.34. The molecule has 2 rings (SSSR count). The molecule has 0 aromatic heterocycles. The van der Waals surface area contributed by atoms with E-state index in [0.717, 1.165) is 18.7 Å². The van der Waals surface area contributed by atoms with Crippen LogP contribution in [0.25, 0.3) is 11.1 Å². The molecule has 1 N–H and O–H groups in total. The summed E-state index contributed by atoms with van der Waals surface area (Å²) < 4.78 is 13.7. The zero-order valence-corrected chi connectivity index (χ0v) is 11.0. The SMILES string of the molecule is CCNCc1ccc(-c2c(F)cccc2Cl)cc1. The lowest BCUT2D eigenvalue weighted by molar-refractivity contribution is 0.631. The van der Waals surface area contributed by atoms with Gasteiger partial charge in [0, 0.05) is 12.1 Å². The lowest BCUT2D eigenvalue weighted by Crippen LogP contribution is -2.11. The van der Waals surface area contributed by atoms with E-state index in [1.165, 1.54) is 11.6 Å². The maximum absolute atomic E-state index is 13.7. The predicted octanol–water partition coefficient (Wildman–Crippen LogP) is 4.26. The first-order valence-electron chi connectivity index (χ1n) is 5.96. The highest BCUT2D eigenvalue weighted by Gasteiger charge is 2.08. The normalized spacial score (nSPS) is 10.6. The largest absolute Gasteiger partial charge is 0.313 e. The Kier molecular flexibility index (Phi) is 4.34. The van der Waals surface area contributed by atoms with Crippen molar-refractivity contribution >= 4 is 11.6 Å². The van der Waals surface area contributed by atoms with Crippen molar-refractivity contribution < 1.29 is 4.39 Å². The van der Waals surface area contributed by atoms with Crippen LogP contribution in [-0.4, -0.2) is 6.54 Å². The molecule has 0 heterocycles. The molecule has 18 heavy (non-hydrogen) atoms. The highest BCUT2D eigenvalue weighted by atomic mass is 35.5. The van der Waals surface area contributed by atoms with E-state index in [-0.39, 0.29) is 5.82 Å². The highest BCUT2D eigenvalue weighted by Crippen LogP contribution is 2.30. The molecule has 2 aromatic rings. The summed E-state index contributed by atoms with van der Waals surface area (Å²) in [7, 11) is 0. The number of hydrogen-bond donors (Lipinski definition) is 1. The van der Waals surface area contributed by atoms with E-state index < -0.39 is 0 Å². The molecule has 0 aliphatic rings. The summed E-state index contributed by atoms with van der Waals surface area (Å²) in [6, 6.07) is 12.5. The van der Waals surface area contributed by atoms with Gasteiger partial charge >= 0.3 is 0 Å². The second kappa shape index (κ2) is 5.98. The van der Waals surface area contributed by atoms with Crippen molar-refractivity contribution in [1.82, 2.24) is 5.32 Å². The Bertz CT molecular complexity index is 502. The number of benzene rings is 2. The molecule has 0 unspecified atom stereocenters. The maximum Gasteiger partial charge on any atom is 0.132 e. The second-order valence-electron chi connectivity index (χ2n) is 4.07. The molecule has 1 nitrogen and oxygen atoms in total. The molecular formula is C15H15ClFN. The third kappa shape index (κ3) is 2.89. The van der Waals surface area contributed by atoms with Crippen LogP contribution in [0.1, 0.15) is 12.5 Å². The van der Waals surface area contributed by atoms with Gasteiger partial charge in [0.2, 0.25) is 0 Å². The molecule has 0 atom stereocenters. The zero-order chi connectivity index (χ0) is 13.0. The molecule has 0 saturated heterocycles. The van der Waals surface area contributed by atoms with Crippen molar-refractivity contribution in [2.24, 2.45) is 0 Å². The fourth-order valence-corrected chi connectivity index (χ4v) is 2.10. The van der Waals surface area contributed by atoms with Gasteiger partial charge in [0.05, 0.1) is 5.02 Å². The zero-order valence-electron chi connectivity index (χ0n) is 10.2. The Morgan fingerprint density at radius 3 is 2.44 bits per heavy atom. The molecule has 0 aliphatic carbocycles. The topological polar surface area (TPSA) is 12.0 Å². The van der Waals surface area contributed by atoms with E-state index in [0.29, 0.717) is 10.6 Å². The van der Waals surface area contributed by atoms with Crippen LogP contribution in [0.4, 0.5) is 4.39 Å². The van der Waals surface area contributed by atoms with E-state index >= 15 is 0 Å². The van der Waals surface area contributed by atoms with E-state index in [2.05, 4.69) is 12.2 Å². The molecule has 3 heteroatoms. The van der Waals surface area contributed by atoms with Crippen LogP contribution in [0.15, 0.2) is 42.5 Å². The van der Waals surface area contributed by atoms with Gasteiger partial charge in [-0.05, 0) is 29.8 Å². The summed E-state index contributed by atoms with van der Waals surface area (Å²) in [5, 5.41) is 3.69. The Labute approximate surface area is 112 Å². The van der Waals surface area contributed by atoms with Crippen LogP contribution in [0, 0.1) is 5.82 Å². The van der Waals surface area contributed by atoms with Crippen molar-refractivity contribution in [2.45, 2.75) is 13.5 Å². The van der Waals surface area contributed by atoms with Crippen LogP contribution >= 0.6 is 11.6 Å². The van der Waals surface area contributed by atoms with Gasteiger partial charge in [-0.1, -0.05) is 48.9 Å². The number of halogens is 2. The minimum absolute atomic E-state index is 0.290. The Balaban J connectivity index is 2.29. The second-order valence-corrected chi connectivity index (χ2v) is 4.48. The molecule has 0 saturated carbocycles. The fourth-order valence-electron chi connectivity index (χ4n) is 1.83. The Hall–Kier alpha value is -1.38. The van der Waals surface area contributed by atoms with Crippen molar-refractivity contribution in [2.75, 3.05) is 6.54 Å². The predicted molar refractivity (Wildman–Crippen MR) is 74.2 cm³/mol. The van der Waals surface area contributed by atoms with Crippen LogP contribution in [0.3, 0.4) is 0 Å². The van der Waals surface area contributed by atoms with Crippen molar-refractivity contribution in [3.05, 3.63) is 58.9 Å². The first-order chi connectivity index (χ1) is 8.72. The van der Waals surface area contributed by atoms with E-state index in [1.54, 1.807) is 12.1 Å². The van der Waals surface area contributed by atoms with Crippen LogP contribution in [-0.2, 0) is 6.54 Å². The maximum atomic E-state index is 13.7. The monoisotopic (exact) mass is 263 g/mol. The molecule has 0 fully saturated rings. The number of rotatable bonds is 4. The summed E-state index contributed by atoms with van der Waals surface area (Å²) in [6.45, 7) is 3.82. The lowest BCUT2D eigenvalue weighted by atomic mass is 10.0. The van der Waals surface area contributed by atoms with Crippen molar-refractivity contribution in [1.29, 1.82) is 0 Å². The Morgan fingerprint density at radius 2 is 1.83 bits per heavy atom. The molecule has 0 bridgehead atoms. The van der Waals surface area contributed by atoms with Gasteiger partial charge in [0.1, 0.15) is 5.82 Å². The number of nitrogens with one attached hydrogen (secondary N) is 1. The smallest absolute Gasteiger partial charge is 0.132 e. The van der Waals surface area contributed by atoms with E-state index in [9.17, 15) is 4.39 Å². The third-order valence-corrected chi connectivity index (χ3v) is 3.10. The van der Waals surface area contributed by atoms with Gasteiger partial charge in [-0.3, -0.25) is 0 Å². The summed E-state index contributed by atoms with van der Waals surface area (Å²) in [4.78, 5) is 0. The van der Waals surface area contributed by atoms with Gasteiger partial charge < -0.3 is 5.32 Å². The average molecular weight is 264 g/mol. The van der Waals surface area contributed by atoms with Gasteiger partial charge in [-0.2, -0.15) is 0 Å². The molecule has 2 aromatic carbocycles. The fraction of sp³-hybridized carbons (Fsp3) is 0.200. The Morgan fingerprint density at radius 1 is 1.11 bits per heavy atom. The lowest BCUT2D eigenvalue weighted by Gasteiger charge is -2.07. The highest BCUT2D eigenvalue weighted by molar-refractivity contribution is 6.33. The van der Waals surface area contributed by atoms with E-state index in [1.807, 2.05) is 24.3 Å². The van der Waals surface area contributed by atoms with Gasteiger partial charge in [-0.15, -0.1) is 0 Å². The van der Waals surface area contributed by atoms with Gasteiger partial charge in [0.15, 0.2) is 0 Å². The summed E-state index contributed by atoms with van der Waals surface area (Å²) in [5.74, 6) is -0.290. The average Bonchev–Trinajstić information content (AvgIpc) is 2.37. The van der Waals surface area contributed by atoms with Gasteiger partial charge in [-0.25, -0.2) is 4.39 Å². The summed E-state index contributed by atoms with van der Waals surface area (Å²) in [6.07, 6.45) is 0. The minimum Gasteiger partial charge on any atom is -0.313 e. The quantitative estimate of drug-likeness (QED) is 0.869. The third-order valence-electron chi connectivity index (χ3n) is 2.78. The van der Waals surface area contributed by atoms with Crippen molar-refractivity contribution in [3.8, 4) is 11.1 Å². The first kappa shape index (κ1) is 13.1. The molecule has 0 aliphatic heterocycles. The molecule has 0 spiro atoms. The minimum atomic E-state index is -0.290. The van der Waals surface area contributed by atoms with Crippen LogP contribution in [0.2, 0.25) is 5.02 Å². The van der Waals surface area contributed by atoms with Crippen LogP contribution in [0.5, 0.6) is 0 Å². The van der Waals surface area contributed by atoms with Gasteiger partial charge in [0.25, 0.3) is 0 Å². The van der Waals surface area contributed by atoms with Crippen molar-refractivity contribution in [3.63, 3.8) is 0 Å². The molecular weight excluding hydrogens is 249 g/mol. The summed E-state index contributed by atoms with van der Waals surface area (Å²) >= 11 is 6.04. The summed E-state index contributed by atoms with van der Waals surface area (Å²) in [5.41, 5.74) is 2.44. The molecule has 0 amide bonds. The van der Waals surface area contributed by atoms with E-state index in [4.69, 9.17) is 11.6 Å². The van der Waals surface area contributed by atoms with Crippen LogP contribution < -0.4 is 5.32 Å². The number of hydrogen-bond acceptors (Lipinski definition) is 1. The molecule has 94 valence electrons. The standard InChI is InChI=1S/C15H15ClFN/c1-2-18-10-11-6-8-12(9-7-11)15-13(16)4-3-5-14(15)17/h3-9,18H,2,10H2,1H3. The molecule has 0 radical (unpaired) electrons.